The lowest BCUT2D eigenvalue weighted by Crippen LogP contribution is -2.38. The summed E-state index contributed by atoms with van der Waals surface area (Å²) in [4.78, 5) is 51.9. The predicted octanol–water partition coefficient (Wildman–Crippen LogP) is 3.97. The van der Waals surface area contributed by atoms with Crippen LogP contribution in [0.4, 0.5) is 5.69 Å². The van der Waals surface area contributed by atoms with E-state index >= 15 is 0 Å². The Morgan fingerprint density at radius 3 is 2.39 bits per heavy atom. The van der Waals surface area contributed by atoms with E-state index in [1.165, 1.54) is 24.3 Å². The maximum Gasteiger partial charge on any atom is 0.338 e. The summed E-state index contributed by atoms with van der Waals surface area (Å²) in [7, 11) is 0. The molecule has 33 heavy (non-hydrogen) atoms. The Balaban J connectivity index is 1.34. The van der Waals surface area contributed by atoms with Gasteiger partial charge in [0.05, 0.1) is 23.7 Å². The lowest BCUT2D eigenvalue weighted by molar-refractivity contribution is -0.121. The fourth-order valence-electron chi connectivity index (χ4n) is 3.38. The second kappa shape index (κ2) is 10.2. The highest BCUT2D eigenvalue weighted by atomic mass is 79.9. The molecule has 1 unspecified atom stereocenters. The molecule has 0 bridgehead atoms. The van der Waals surface area contributed by atoms with Crippen LogP contribution in [0.1, 0.15) is 32.0 Å². The highest BCUT2D eigenvalue weighted by Crippen LogP contribution is 2.24. The lowest BCUT2D eigenvalue weighted by atomic mass is 10.1. The number of halogens is 1. The number of rotatable bonds is 8. The van der Waals surface area contributed by atoms with Crippen molar-refractivity contribution in [2.45, 2.75) is 19.0 Å². The molecule has 7 nitrogen and oxygen atoms in total. The summed E-state index contributed by atoms with van der Waals surface area (Å²) < 4.78 is 5.95. The number of ketones is 1. The van der Waals surface area contributed by atoms with Gasteiger partial charge in [-0.1, -0.05) is 34.1 Å². The van der Waals surface area contributed by atoms with Crippen LogP contribution >= 0.6 is 27.3 Å². The van der Waals surface area contributed by atoms with Crippen molar-refractivity contribution in [1.82, 2.24) is 5.32 Å². The van der Waals surface area contributed by atoms with Crippen LogP contribution in [0.15, 0.2) is 70.5 Å². The second-order valence-corrected chi connectivity index (χ2v) is 9.29. The standard InChI is InChI=1S/C24H19BrN2O5S/c25-17-7-3-15(4-8-17)21(28)14-32-24(31)16-5-9-18(10-6-16)27-22(29)12-20(23(27)30)26-13-19-2-1-11-33-19/h1-11,20,26H,12-14H2. The van der Waals surface area contributed by atoms with Gasteiger partial charge in [0.15, 0.2) is 12.4 Å². The van der Waals surface area contributed by atoms with Crippen molar-refractivity contribution in [2.75, 3.05) is 11.5 Å². The van der Waals surface area contributed by atoms with E-state index in [0.29, 0.717) is 17.8 Å². The van der Waals surface area contributed by atoms with Crippen LogP contribution in [0, 0.1) is 0 Å². The van der Waals surface area contributed by atoms with Crippen LogP contribution < -0.4 is 10.2 Å². The molecule has 1 aliphatic rings. The molecule has 1 aliphatic heterocycles. The molecular formula is C24H19BrN2O5S. The fraction of sp³-hybridized carbons (Fsp3) is 0.167. The summed E-state index contributed by atoms with van der Waals surface area (Å²) in [5.74, 6) is -1.62. The van der Waals surface area contributed by atoms with Crippen molar-refractivity contribution in [3.8, 4) is 0 Å². The van der Waals surface area contributed by atoms with E-state index < -0.39 is 12.0 Å². The molecule has 4 rings (SSSR count). The van der Waals surface area contributed by atoms with E-state index in [9.17, 15) is 19.2 Å². The van der Waals surface area contributed by atoms with Crippen molar-refractivity contribution >= 4 is 56.5 Å². The molecule has 168 valence electrons. The topological polar surface area (TPSA) is 92.8 Å². The van der Waals surface area contributed by atoms with Gasteiger partial charge in [0.2, 0.25) is 5.91 Å². The molecule has 0 saturated carbocycles. The van der Waals surface area contributed by atoms with Crippen molar-refractivity contribution < 1.29 is 23.9 Å². The largest absolute Gasteiger partial charge is 0.454 e. The van der Waals surface area contributed by atoms with Gasteiger partial charge < -0.3 is 10.1 Å². The van der Waals surface area contributed by atoms with Gasteiger partial charge in [0.25, 0.3) is 5.91 Å². The number of nitrogens with zero attached hydrogens (tertiary/aromatic N) is 1. The van der Waals surface area contributed by atoms with Gasteiger partial charge in [-0.05, 0) is 47.8 Å². The molecule has 0 spiro atoms. The maximum atomic E-state index is 12.7. The van der Waals surface area contributed by atoms with Crippen molar-refractivity contribution in [1.29, 1.82) is 0 Å². The number of Topliss-reactive ketones (excluding diaryl/α,β-unsaturated/α-hetero) is 1. The summed E-state index contributed by atoms with van der Waals surface area (Å²) in [6, 6.07) is 16.0. The minimum Gasteiger partial charge on any atom is -0.454 e. The first-order valence-corrected chi connectivity index (χ1v) is 11.8. The van der Waals surface area contributed by atoms with Crippen LogP contribution in [-0.2, 0) is 20.9 Å². The van der Waals surface area contributed by atoms with E-state index in [1.54, 1.807) is 35.6 Å². The van der Waals surface area contributed by atoms with Crippen LogP contribution in [0.3, 0.4) is 0 Å². The summed E-state index contributed by atoms with van der Waals surface area (Å²) in [6.45, 7) is 0.127. The number of imide groups is 1. The zero-order valence-electron chi connectivity index (χ0n) is 17.3. The number of hydrogen-bond acceptors (Lipinski definition) is 7. The summed E-state index contributed by atoms with van der Waals surface area (Å²) in [5.41, 5.74) is 1.04. The molecular weight excluding hydrogens is 508 g/mol. The third-order valence-electron chi connectivity index (χ3n) is 5.11. The number of hydrogen-bond donors (Lipinski definition) is 1. The number of ether oxygens (including phenoxy) is 1. The van der Waals surface area contributed by atoms with E-state index in [2.05, 4.69) is 21.2 Å². The Hall–Kier alpha value is -3.14. The molecule has 1 saturated heterocycles. The van der Waals surface area contributed by atoms with Gasteiger partial charge in [-0.15, -0.1) is 11.3 Å². The number of nitrogens with one attached hydrogen (secondary N) is 1. The van der Waals surface area contributed by atoms with Crippen molar-refractivity contribution in [2.24, 2.45) is 0 Å². The molecule has 1 N–H and O–H groups in total. The quantitative estimate of drug-likeness (QED) is 0.271. The first-order valence-electron chi connectivity index (χ1n) is 10.1. The number of carbonyl (C=O) groups excluding carboxylic acids is 4. The summed E-state index contributed by atoms with van der Waals surface area (Å²) in [5, 5.41) is 5.08. The number of amides is 2. The zero-order chi connectivity index (χ0) is 23.4. The number of esters is 1. The molecule has 2 heterocycles. The van der Waals surface area contributed by atoms with Crippen LogP contribution in [-0.4, -0.2) is 36.2 Å². The number of carbonyl (C=O) groups is 4. The SMILES string of the molecule is O=C(COC(=O)c1ccc(N2C(=O)CC(NCc3cccs3)C2=O)cc1)c1ccc(Br)cc1. The molecule has 1 fully saturated rings. The third kappa shape index (κ3) is 5.44. The molecule has 3 aromatic rings. The van der Waals surface area contributed by atoms with Gasteiger partial charge in [0.1, 0.15) is 0 Å². The smallest absolute Gasteiger partial charge is 0.338 e. The van der Waals surface area contributed by atoms with Gasteiger partial charge in [-0.25, -0.2) is 9.69 Å². The van der Waals surface area contributed by atoms with E-state index in [-0.39, 0.29) is 36.2 Å². The first-order chi connectivity index (χ1) is 15.9. The molecule has 2 amide bonds. The number of anilines is 1. The van der Waals surface area contributed by atoms with E-state index in [0.717, 1.165) is 14.2 Å². The number of benzene rings is 2. The first kappa shape index (κ1) is 23.0. The average molecular weight is 527 g/mol. The summed E-state index contributed by atoms with van der Waals surface area (Å²) >= 11 is 4.87. The Kier molecular flexibility index (Phi) is 7.12. The van der Waals surface area contributed by atoms with Crippen molar-refractivity contribution in [3.63, 3.8) is 0 Å². The van der Waals surface area contributed by atoms with Gasteiger partial charge in [0, 0.05) is 21.5 Å². The number of thiophene rings is 1. The molecule has 1 atom stereocenters. The molecule has 0 aliphatic carbocycles. The average Bonchev–Trinajstić information content (AvgIpc) is 3.44. The fourth-order valence-corrected chi connectivity index (χ4v) is 4.30. The Labute approximate surface area is 202 Å². The van der Waals surface area contributed by atoms with E-state index in [4.69, 9.17) is 4.74 Å². The monoisotopic (exact) mass is 526 g/mol. The molecule has 2 aromatic carbocycles. The maximum absolute atomic E-state index is 12.7. The molecule has 0 radical (unpaired) electrons. The Morgan fingerprint density at radius 1 is 1.03 bits per heavy atom. The Bertz CT molecular complexity index is 1180. The second-order valence-electron chi connectivity index (χ2n) is 7.34. The predicted molar refractivity (Wildman–Crippen MR) is 127 cm³/mol. The lowest BCUT2D eigenvalue weighted by Gasteiger charge is -2.16. The van der Waals surface area contributed by atoms with Crippen molar-refractivity contribution in [3.05, 3.63) is 86.5 Å². The zero-order valence-corrected chi connectivity index (χ0v) is 19.7. The minimum absolute atomic E-state index is 0.0756. The highest BCUT2D eigenvalue weighted by molar-refractivity contribution is 9.10. The van der Waals surface area contributed by atoms with Crippen LogP contribution in [0.5, 0.6) is 0 Å². The summed E-state index contributed by atoms with van der Waals surface area (Å²) in [6.07, 6.45) is 0.0756. The molecule has 1 aromatic heterocycles. The van der Waals surface area contributed by atoms with Crippen LogP contribution in [0.25, 0.3) is 0 Å². The Morgan fingerprint density at radius 2 is 1.73 bits per heavy atom. The minimum atomic E-state index is -0.665. The highest BCUT2D eigenvalue weighted by Gasteiger charge is 2.39. The van der Waals surface area contributed by atoms with Gasteiger partial charge in [-0.2, -0.15) is 0 Å². The molecule has 9 heteroatoms. The van der Waals surface area contributed by atoms with E-state index in [1.807, 2.05) is 17.5 Å². The normalized spacial score (nSPS) is 15.7. The van der Waals surface area contributed by atoms with Gasteiger partial charge in [-0.3, -0.25) is 14.4 Å². The van der Waals surface area contributed by atoms with Crippen LogP contribution in [0.2, 0.25) is 0 Å². The third-order valence-corrected chi connectivity index (χ3v) is 6.52. The van der Waals surface area contributed by atoms with Gasteiger partial charge >= 0.3 is 5.97 Å².